The number of hydrogen-bond acceptors (Lipinski definition) is 4. The fourth-order valence-corrected chi connectivity index (χ4v) is 4.29. The van der Waals surface area contributed by atoms with Crippen molar-refractivity contribution >= 4 is 5.91 Å². The van der Waals surface area contributed by atoms with Gasteiger partial charge in [-0.1, -0.05) is 43.5 Å². The fraction of sp³-hybridized carbons (Fsp3) is 0.667. The highest BCUT2D eigenvalue weighted by atomic mass is 16.5. The number of ether oxygens (including phenoxy) is 1. The summed E-state index contributed by atoms with van der Waals surface area (Å²) < 4.78 is 5.51. The second-order valence-electron chi connectivity index (χ2n) is 7.93. The summed E-state index contributed by atoms with van der Waals surface area (Å²) in [6.45, 7) is 4.75. The molecular weight excluding hydrogens is 326 g/mol. The van der Waals surface area contributed by atoms with E-state index in [1.807, 2.05) is 0 Å². The molecular formula is C21H33N3O2. The molecule has 0 spiro atoms. The van der Waals surface area contributed by atoms with Crippen molar-refractivity contribution in [2.24, 2.45) is 0 Å². The zero-order valence-corrected chi connectivity index (χ0v) is 16.3. The Labute approximate surface area is 157 Å². The van der Waals surface area contributed by atoms with Gasteiger partial charge in [-0.25, -0.2) is 0 Å². The SMILES string of the molecule is CN(C)Cc1ccc(CNC(=O)C2(N3CCOCC3)CCCCC2)cc1. The average molecular weight is 360 g/mol. The van der Waals surface area contributed by atoms with Crippen LogP contribution in [0.5, 0.6) is 0 Å². The molecule has 1 aliphatic carbocycles. The number of morpholine rings is 1. The molecule has 0 bridgehead atoms. The summed E-state index contributed by atoms with van der Waals surface area (Å²) in [6.07, 6.45) is 5.47. The Bertz CT molecular complexity index is 573. The minimum atomic E-state index is -0.326. The first-order valence-electron chi connectivity index (χ1n) is 9.94. The van der Waals surface area contributed by atoms with E-state index < -0.39 is 0 Å². The summed E-state index contributed by atoms with van der Waals surface area (Å²) in [4.78, 5) is 17.7. The van der Waals surface area contributed by atoms with Crippen molar-refractivity contribution in [2.45, 2.75) is 50.7 Å². The van der Waals surface area contributed by atoms with E-state index in [1.165, 1.54) is 12.0 Å². The Morgan fingerprint density at radius 1 is 1.08 bits per heavy atom. The third-order valence-corrected chi connectivity index (χ3v) is 5.69. The molecule has 0 radical (unpaired) electrons. The third-order valence-electron chi connectivity index (χ3n) is 5.69. The second kappa shape index (κ2) is 8.98. The Kier molecular flexibility index (Phi) is 6.68. The van der Waals surface area contributed by atoms with E-state index in [9.17, 15) is 4.79 Å². The predicted molar refractivity (Wildman–Crippen MR) is 104 cm³/mol. The lowest BCUT2D eigenvalue weighted by molar-refractivity contribution is -0.140. The molecule has 1 aliphatic heterocycles. The Morgan fingerprint density at radius 2 is 1.69 bits per heavy atom. The van der Waals surface area contributed by atoms with Crippen LogP contribution in [0.3, 0.4) is 0 Å². The van der Waals surface area contributed by atoms with Crippen molar-refractivity contribution in [3.05, 3.63) is 35.4 Å². The molecule has 26 heavy (non-hydrogen) atoms. The topological polar surface area (TPSA) is 44.8 Å². The van der Waals surface area contributed by atoms with E-state index in [0.717, 1.165) is 64.1 Å². The van der Waals surface area contributed by atoms with Crippen molar-refractivity contribution in [1.82, 2.24) is 15.1 Å². The second-order valence-corrected chi connectivity index (χ2v) is 7.93. The van der Waals surface area contributed by atoms with Crippen molar-refractivity contribution in [3.8, 4) is 0 Å². The van der Waals surface area contributed by atoms with Crippen molar-refractivity contribution in [3.63, 3.8) is 0 Å². The maximum absolute atomic E-state index is 13.2. The first-order valence-corrected chi connectivity index (χ1v) is 9.94. The fourth-order valence-electron chi connectivity index (χ4n) is 4.29. The molecule has 1 N–H and O–H groups in total. The maximum atomic E-state index is 13.2. The zero-order chi connectivity index (χ0) is 18.4. The number of carbonyl (C=O) groups excluding carboxylic acids is 1. The first-order chi connectivity index (χ1) is 12.6. The quantitative estimate of drug-likeness (QED) is 0.847. The van der Waals surface area contributed by atoms with Crippen LogP contribution in [-0.2, 0) is 22.6 Å². The largest absolute Gasteiger partial charge is 0.379 e. The molecule has 0 unspecified atom stereocenters. The normalized spacial score (nSPS) is 20.9. The van der Waals surface area contributed by atoms with Crippen LogP contribution in [0.2, 0.25) is 0 Å². The highest BCUT2D eigenvalue weighted by molar-refractivity contribution is 5.86. The van der Waals surface area contributed by atoms with E-state index in [1.54, 1.807) is 0 Å². The summed E-state index contributed by atoms with van der Waals surface area (Å²) in [5, 5.41) is 3.24. The molecule has 1 aromatic carbocycles. The number of benzene rings is 1. The van der Waals surface area contributed by atoms with E-state index in [-0.39, 0.29) is 11.4 Å². The van der Waals surface area contributed by atoms with Crippen LogP contribution in [0.4, 0.5) is 0 Å². The maximum Gasteiger partial charge on any atom is 0.240 e. The highest BCUT2D eigenvalue weighted by Gasteiger charge is 2.44. The van der Waals surface area contributed by atoms with Crippen LogP contribution in [0.1, 0.15) is 43.2 Å². The van der Waals surface area contributed by atoms with Gasteiger partial charge in [-0.05, 0) is 38.1 Å². The standard InChI is InChI=1S/C21H33N3O2/c1-23(2)17-19-8-6-18(7-9-19)16-22-20(25)21(10-4-3-5-11-21)24-12-14-26-15-13-24/h6-9H,3-5,10-17H2,1-2H3,(H,22,25). The summed E-state index contributed by atoms with van der Waals surface area (Å²) in [5.74, 6) is 0.205. The molecule has 5 nitrogen and oxygen atoms in total. The lowest BCUT2D eigenvalue weighted by Gasteiger charge is -2.46. The lowest BCUT2D eigenvalue weighted by Crippen LogP contribution is -2.62. The predicted octanol–water partition coefficient (Wildman–Crippen LogP) is 2.40. The van der Waals surface area contributed by atoms with E-state index in [0.29, 0.717) is 6.54 Å². The van der Waals surface area contributed by atoms with E-state index >= 15 is 0 Å². The van der Waals surface area contributed by atoms with Crippen LogP contribution in [0.15, 0.2) is 24.3 Å². The van der Waals surface area contributed by atoms with Crippen LogP contribution >= 0.6 is 0 Å². The molecule has 1 saturated heterocycles. The van der Waals surface area contributed by atoms with Gasteiger partial charge in [0.1, 0.15) is 5.54 Å². The molecule has 0 aromatic heterocycles. The number of nitrogens with one attached hydrogen (secondary N) is 1. The van der Waals surface area contributed by atoms with Gasteiger partial charge in [0.25, 0.3) is 0 Å². The van der Waals surface area contributed by atoms with Gasteiger partial charge < -0.3 is 15.0 Å². The molecule has 0 atom stereocenters. The molecule has 1 aromatic rings. The van der Waals surface area contributed by atoms with E-state index in [4.69, 9.17) is 4.74 Å². The molecule has 2 fully saturated rings. The van der Waals surface area contributed by atoms with Gasteiger partial charge in [0.05, 0.1) is 13.2 Å². The summed E-state index contributed by atoms with van der Waals surface area (Å²) in [7, 11) is 4.15. The molecule has 3 rings (SSSR count). The van der Waals surface area contributed by atoms with Crippen LogP contribution < -0.4 is 5.32 Å². The van der Waals surface area contributed by atoms with Crippen molar-refractivity contribution < 1.29 is 9.53 Å². The lowest BCUT2D eigenvalue weighted by atomic mass is 9.79. The zero-order valence-electron chi connectivity index (χ0n) is 16.3. The van der Waals surface area contributed by atoms with Crippen LogP contribution in [0.25, 0.3) is 0 Å². The van der Waals surface area contributed by atoms with Gasteiger partial charge in [0.2, 0.25) is 5.91 Å². The van der Waals surface area contributed by atoms with Gasteiger partial charge >= 0.3 is 0 Å². The Morgan fingerprint density at radius 3 is 2.31 bits per heavy atom. The molecule has 2 aliphatic rings. The van der Waals surface area contributed by atoms with Gasteiger partial charge in [-0.2, -0.15) is 0 Å². The molecule has 1 amide bonds. The van der Waals surface area contributed by atoms with E-state index in [2.05, 4.69) is 53.5 Å². The molecule has 5 heteroatoms. The average Bonchev–Trinajstić information content (AvgIpc) is 2.68. The Hall–Kier alpha value is -1.43. The summed E-state index contributed by atoms with van der Waals surface area (Å²) in [6, 6.07) is 8.56. The first kappa shape index (κ1) is 19.3. The molecule has 144 valence electrons. The monoisotopic (exact) mass is 359 g/mol. The minimum Gasteiger partial charge on any atom is -0.379 e. The summed E-state index contributed by atoms with van der Waals surface area (Å²) >= 11 is 0. The van der Waals surface area contributed by atoms with Gasteiger partial charge in [-0.3, -0.25) is 9.69 Å². The van der Waals surface area contributed by atoms with Crippen molar-refractivity contribution in [1.29, 1.82) is 0 Å². The summed E-state index contributed by atoms with van der Waals surface area (Å²) in [5.41, 5.74) is 2.13. The smallest absolute Gasteiger partial charge is 0.240 e. The third kappa shape index (κ3) is 4.64. The highest BCUT2D eigenvalue weighted by Crippen LogP contribution is 2.34. The van der Waals surface area contributed by atoms with Gasteiger partial charge in [0.15, 0.2) is 0 Å². The minimum absolute atomic E-state index is 0.205. The van der Waals surface area contributed by atoms with Crippen LogP contribution in [0, 0.1) is 0 Å². The van der Waals surface area contributed by atoms with Crippen LogP contribution in [-0.4, -0.2) is 61.6 Å². The number of rotatable bonds is 6. The number of nitrogens with zero attached hydrogens (tertiary/aromatic N) is 2. The molecule has 1 heterocycles. The molecule has 1 saturated carbocycles. The number of amides is 1. The van der Waals surface area contributed by atoms with Gasteiger partial charge in [0, 0.05) is 26.2 Å². The van der Waals surface area contributed by atoms with Crippen molar-refractivity contribution in [2.75, 3.05) is 40.4 Å². The van der Waals surface area contributed by atoms with Gasteiger partial charge in [-0.15, -0.1) is 0 Å². The number of hydrogen-bond donors (Lipinski definition) is 1. The number of carbonyl (C=O) groups is 1. The Balaban J connectivity index is 1.62.